The van der Waals surface area contributed by atoms with Crippen molar-refractivity contribution >= 4 is 50.7 Å². The highest BCUT2D eigenvalue weighted by atomic mass is 79.9. The van der Waals surface area contributed by atoms with E-state index in [0.29, 0.717) is 21.5 Å². The standard InChI is InChI=1S/C13H7BrCl3/c14-10-4-1-8(2-5-10)7-9-3-6-11(15)13(17)12(9)16/h1-2,4-6H,7H2. The van der Waals surface area contributed by atoms with Crippen molar-refractivity contribution in [3.63, 3.8) is 0 Å². The molecule has 87 valence electrons. The first kappa shape index (κ1) is 13.2. The normalized spacial score (nSPS) is 10.6. The lowest BCUT2D eigenvalue weighted by molar-refractivity contribution is 1.19. The zero-order chi connectivity index (χ0) is 12.4. The van der Waals surface area contributed by atoms with Crippen molar-refractivity contribution in [1.82, 2.24) is 0 Å². The van der Waals surface area contributed by atoms with Crippen molar-refractivity contribution < 1.29 is 0 Å². The van der Waals surface area contributed by atoms with E-state index >= 15 is 0 Å². The molecular weight excluding hydrogens is 342 g/mol. The fraction of sp³-hybridized carbons (Fsp3) is 0.0769. The van der Waals surface area contributed by atoms with Gasteiger partial charge >= 0.3 is 0 Å². The highest BCUT2D eigenvalue weighted by molar-refractivity contribution is 9.10. The lowest BCUT2D eigenvalue weighted by atomic mass is 10.1. The van der Waals surface area contributed by atoms with Crippen LogP contribution < -0.4 is 0 Å². The van der Waals surface area contributed by atoms with E-state index in [4.69, 9.17) is 34.8 Å². The average molecular weight is 349 g/mol. The SMILES string of the molecule is Clc1c[c]c(Cc2ccc(Br)cc2)c(Cl)c1Cl. The van der Waals surface area contributed by atoms with E-state index in [9.17, 15) is 0 Å². The predicted octanol–water partition coefficient (Wildman–Crippen LogP) is 5.80. The smallest absolute Gasteiger partial charge is 0.0781 e. The summed E-state index contributed by atoms with van der Waals surface area (Å²) in [4.78, 5) is 0. The molecule has 0 nitrogen and oxygen atoms in total. The maximum absolute atomic E-state index is 6.12. The second kappa shape index (κ2) is 5.62. The lowest BCUT2D eigenvalue weighted by Gasteiger charge is -2.07. The quantitative estimate of drug-likeness (QED) is 0.601. The summed E-state index contributed by atoms with van der Waals surface area (Å²) in [5.74, 6) is 0. The average Bonchev–Trinajstić information content (AvgIpc) is 2.33. The van der Waals surface area contributed by atoms with Crippen molar-refractivity contribution in [3.8, 4) is 0 Å². The summed E-state index contributed by atoms with van der Waals surface area (Å²) < 4.78 is 1.05. The van der Waals surface area contributed by atoms with Gasteiger partial charge in [0.25, 0.3) is 0 Å². The van der Waals surface area contributed by atoms with Crippen LogP contribution in [0.25, 0.3) is 0 Å². The topological polar surface area (TPSA) is 0 Å². The maximum atomic E-state index is 6.12. The Bertz CT molecular complexity index is 535. The van der Waals surface area contributed by atoms with Crippen molar-refractivity contribution in [1.29, 1.82) is 0 Å². The molecule has 0 aliphatic carbocycles. The van der Waals surface area contributed by atoms with Crippen LogP contribution in [0.2, 0.25) is 15.1 Å². The molecule has 2 aromatic carbocycles. The van der Waals surface area contributed by atoms with Crippen molar-refractivity contribution in [2.75, 3.05) is 0 Å². The Labute approximate surface area is 124 Å². The first-order valence-electron chi connectivity index (χ1n) is 4.86. The molecule has 4 heteroatoms. The molecule has 0 aromatic heterocycles. The molecule has 2 aromatic rings. The van der Waals surface area contributed by atoms with Gasteiger partial charge in [0.15, 0.2) is 0 Å². The molecule has 2 rings (SSSR count). The Hall–Kier alpha value is -0.210. The summed E-state index contributed by atoms with van der Waals surface area (Å²) in [6, 6.07) is 12.7. The van der Waals surface area contributed by atoms with Gasteiger partial charge in [0, 0.05) is 4.47 Å². The summed E-state index contributed by atoms with van der Waals surface area (Å²) in [5, 5.41) is 1.29. The van der Waals surface area contributed by atoms with E-state index in [1.165, 1.54) is 0 Å². The Morgan fingerprint density at radius 1 is 1.00 bits per heavy atom. The fourth-order valence-electron chi connectivity index (χ4n) is 1.45. The fourth-order valence-corrected chi connectivity index (χ4v) is 2.30. The first-order chi connectivity index (χ1) is 8.08. The molecule has 0 heterocycles. The minimum Gasteiger partial charge on any atom is -0.0826 e. The molecule has 0 amide bonds. The number of benzene rings is 2. The summed E-state index contributed by atoms with van der Waals surface area (Å²) in [7, 11) is 0. The van der Waals surface area contributed by atoms with Gasteiger partial charge in [0.05, 0.1) is 15.1 Å². The minimum atomic E-state index is 0.388. The summed E-state index contributed by atoms with van der Waals surface area (Å²) >= 11 is 21.4. The number of halogens is 4. The van der Waals surface area contributed by atoms with Crippen LogP contribution >= 0.6 is 50.7 Å². The minimum absolute atomic E-state index is 0.388. The third-order valence-electron chi connectivity index (χ3n) is 2.33. The van der Waals surface area contributed by atoms with E-state index in [1.807, 2.05) is 24.3 Å². The zero-order valence-corrected chi connectivity index (χ0v) is 12.5. The number of rotatable bonds is 2. The van der Waals surface area contributed by atoms with Gasteiger partial charge in [-0.05, 0) is 41.8 Å². The molecule has 0 aliphatic rings. The van der Waals surface area contributed by atoms with E-state index in [2.05, 4.69) is 22.0 Å². The van der Waals surface area contributed by atoms with Crippen LogP contribution in [0.3, 0.4) is 0 Å². The van der Waals surface area contributed by atoms with Crippen molar-refractivity contribution in [3.05, 3.63) is 67.1 Å². The predicted molar refractivity (Wildman–Crippen MR) is 77.3 cm³/mol. The van der Waals surface area contributed by atoms with Crippen LogP contribution in [0.4, 0.5) is 0 Å². The molecule has 0 spiro atoms. The molecule has 0 saturated carbocycles. The summed E-state index contributed by atoms with van der Waals surface area (Å²) in [6.45, 7) is 0. The Kier molecular flexibility index (Phi) is 4.37. The van der Waals surface area contributed by atoms with Crippen molar-refractivity contribution in [2.45, 2.75) is 6.42 Å². The van der Waals surface area contributed by atoms with Gasteiger partial charge in [-0.2, -0.15) is 0 Å². The van der Waals surface area contributed by atoms with Gasteiger partial charge in [-0.1, -0.05) is 62.9 Å². The molecule has 0 aliphatic heterocycles. The second-order valence-electron chi connectivity index (χ2n) is 3.55. The van der Waals surface area contributed by atoms with E-state index in [1.54, 1.807) is 6.07 Å². The van der Waals surface area contributed by atoms with Crippen LogP contribution in [0.5, 0.6) is 0 Å². The van der Waals surface area contributed by atoms with Gasteiger partial charge in [0.2, 0.25) is 0 Å². The lowest BCUT2D eigenvalue weighted by Crippen LogP contribution is -1.90. The molecule has 0 saturated heterocycles. The van der Waals surface area contributed by atoms with Gasteiger partial charge in [-0.3, -0.25) is 0 Å². The molecule has 0 N–H and O–H groups in total. The molecule has 0 unspecified atom stereocenters. The Balaban J connectivity index is 2.30. The Morgan fingerprint density at radius 2 is 1.65 bits per heavy atom. The second-order valence-corrected chi connectivity index (χ2v) is 5.63. The van der Waals surface area contributed by atoms with Gasteiger partial charge in [-0.15, -0.1) is 0 Å². The third kappa shape index (κ3) is 3.17. The third-order valence-corrected chi connectivity index (χ3v) is 4.16. The molecule has 0 bridgehead atoms. The van der Waals surface area contributed by atoms with Gasteiger partial charge in [0.1, 0.15) is 0 Å². The number of hydrogen-bond donors (Lipinski definition) is 0. The van der Waals surface area contributed by atoms with Crippen LogP contribution in [0.1, 0.15) is 11.1 Å². The van der Waals surface area contributed by atoms with E-state index < -0.39 is 0 Å². The highest BCUT2D eigenvalue weighted by Crippen LogP contribution is 2.33. The van der Waals surface area contributed by atoms with E-state index in [-0.39, 0.29) is 0 Å². The van der Waals surface area contributed by atoms with Crippen LogP contribution in [0.15, 0.2) is 34.8 Å². The van der Waals surface area contributed by atoms with Crippen LogP contribution in [-0.2, 0) is 6.42 Å². The van der Waals surface area contributed by atoms with E-state index in [0.717, 1.165) is 15.6 Å². The summed E-state index contributed by atoms with van der Waals surface area (Å²) in [5.41, 5.74) is 1.99. The van der Waals surface area contributed by atoms with Gasteiger partial charge in [-0.25, -0.2) is 0 Å². The first-order valence-corrected chi connectivity index (χ1v) is 6.79. The molecule has 0 fully saturated rings. The number of hydrogen-bond acceptors (Lipinski definition) is 0. The zero-order valence-electron chi connectivity index (χ0n) is 8.61. The molecule has 1 radical (unpaired) electrons. The molecule has 0 atom stereocenters. The van der Waals surface area contributed by atoms with Crippen LogP contribution in [0, 0.1) is 6.07 Å². The van der Waals surface area contributed by atoms with Crippen molar-refractivity contribution in [2.24, 2.45) is 0 Å². The summed E-state index contributed by atoms with van der Waals surface area (Å²) in [6.07, 6.45) is 0.684. The van der Waals surface area contributed by atoms with Gasteiger partial charge < -0.3 is 0 Å². The monoisotopic (exact) mass is 347 g/mol. The maximum Gasteiger partial charge on any atom is 0.0781 e. The van der Waals surface area contributed by atoms with Crippen LogP contribution in [-0.4, -0.2) is 0 Å². The Morgan fingerprint density at radius 3 is 2.29 bits per heavy atom. The highest BCUT2D eigenvalue weighted by Gasteiger charge is 2.09. The molecular formula is C13H7BrCl3. The molecule has 17 heavy (non-hydrogen) atoms. The largest absolute Gasteiger partial charge is 0.0826 e.